The van der Waals surface area contributed by atoms with Crippen LogP contribution < -0.4 is 4.72 Å². The molecule has 5 nitrogen and oxygen atoms in total. The van der Waals surface area contributed by atoms with Gasteiger partial charge in [-0.15, -0.1) is 0 Å². The maximum atomic E-state index is 11.8. The standard InChI is InChI=1S/C10H9N3O2S/c14-16(15,10-4-2-1-3-5-10)13-9-6-7-11-12-8-9/h1-8H,(H,11,13). The molecule has 0 saturated carbocycles. The van der Waals surface area contributed by atoms with Crippen molar-refractivity contribution in [1.82, 2.24) is 10.2 Å². The van der Waals surface area contributed by atoms with Gasteiger partial charge in [0.15, 0.2) is 0 Å². The molecule has 0 atom stereocenters. The van der Waals surface area contributed by atoms with Gasteiger partial charge < -0.3 is 0 Å². The molecule has 0 unspecified atom stereocenters. The first-order chi connectivity index (χ1) is 7.68. The van der Waals surface area contributed by atoms with Crippen LogP contribution in [0.5, 0.6) is 0 Å². The van der Waals surface area contributed by atoms with Crippen LogP contribution >= 0.6 is 0 Å². The topological polar surface area (TPSA) is 72.0 Å². The molecule has 2 rings (SSSR count). The van der Waals surface area contributed by atoms with E-state index in [9.17, 15) is 8.42 Å². The van der Waals surface area contributed by atoms with Crippen LogP contribution in [0, 0.1) is 0 Å². The van der Waals surface area contributed by atoms with Gasteiger partial charge in [0.25, 0.3) is 10.0 Å². The molecule has 1 aromatic carbocycles. The fraction of sp³-hybridized carbons (Fsp3) is 0. The van der Waals surface area contributed by atoms with Gasteiger partial charge in [0.1, 0.15) is 0 Å². The van der Waals surface area contributed by atoms with E-state index in [1.54, 1.807) is 18.2 Å². The molecule has 16 heavy (non-hydrogen) atoms. The van der Waals surface area contributed by atoms with Crippen LogP contribution in [0.2, 0.25) is 0 Å². The van der Waals surface area contributed by atoms with Gasteiger partial charge in [0.2, 0.25) is 0 Å². The Morgan fingerprint density at radius 3 is 2.38 bits per heavy atom. The molecular formula is C10H9N3O2S. The Morgan fingerprint density at radius 1 is 1.00 bits per heavy atom. The highest BCUT2D eigenvalue weighted by atomic mass is 32.2. The van der Waals surface area contributed by atoms with Crippen LogP contribution in [0.15, 0.2) is 53.7 Å². The molecule has 6 heteroatoms. The summed E-state index contributed by atoms with van der Waals surface area (Å²) in [5.41, 5.74) is 0.388. The largest absolute Gasteiger partial charge is 0.278 e. The minimum atomic E-state index is -3.53. The maximum absolute atomic E-state index is 11.8. The lowest BCUT2D eigenvalue weighted by Crippen LogP contribution is -2.12. The normalized spacial score (nSPS) is 11.0. The number of nitrogens with one attached hydrogen (secondary N) is 1. The fourth-order valence-electron chi connectivity index (χ4n) is 1.16. The Hall–Kier alpha value is -1.95. The van der Waals surface area contributed by atoms with Crippen molar-refractivity contribution in [2.45, 2.75) is 4.90 Å². The lowest BCUT2D eigenvalue weighted by Gasteiger charge is -2.06. The number of nitrogens with zero attached hydrogens (tertiary/aromatic N) is 2. The van der Waals surface area contributed by atoms with E-state index >= 15 is 0 Å². The Kier molecular flexibility index (Phi) is 2.82. The van der Waals surface area contributed by atoms with E-state index in [4.69, 9.17) is 0 Å². The highest BCUT2D eigenvalue weighted by Gasteiger charge is 2.12. The first kappa shape index (κ1) is 10.6. The summed E-state index contributed by atoms with van der Waals surface area (Å²) in [6, 6.07) is 9.67. The summed E-state index contributed by atoms with van der Waals surface area (Å²) >= 11 is 0. The third-order valence-electron chi connectivity index (χ3n) is 1.89. The number of sulfonamides is 1. The zero-order valence-electron chi connectivity index (χ0n) is 8.24. The molecule has 0 saturated heterocycles. The summed E-state index contributed by atoms with van der Waals surface area (Å²) < 4.78 is 26.1. The minimum absolute atomic E-state index is 0.215. The van der Waals surface area contributed by atoms with Gasteiger partial charge in [0, 0.05) is 0 Å². The van der Waals surface area contributed by atoms with Gasteiger partial charge in [0.05, 0.1) is 23.0 Å². The first-order valence-corrected chi connectivity index (χ1v) is 6.01. The van der Waals surface area contributed by atoms with E-state index in [0.29, 0.717) is 5.69 Å². The summed E-state index contributed by atoms with van der Waals surface area (Å²) in [7, 11) is -3.53. The molecule has 0 aliphatic rings. The summed E-state index contributed by atoms with van der Waals surface area (Å²) in [4.78, 5) is 0.215. The molecule has 0 aliphatic heterocycles. The van der Waals surface area contributed by atoms with Gasteiger partial charge in [-0.05, 0) is 18.2 Å². The summed E-state index contributed by atoms with van der Waals surface area (Å²) in [5, 5.41) is 7.15. The molecule has 1 heterocycles. The Labute approximate surface area is 93.2 Å². The smallest absolute Gasteiger partial charge is 0.261 e. The quantitative estimate of drug-likeness (QED) is 0.869. The SMILES string of the molecule is O=S(=O)(Nc1ccnnc1)c1ccccc1. The second-order valence-corrected chi connectivity index (χ2v) is 4.73. The zero-order valence-corrected chi connectivity index (χ0v) is 9.05. The highest BCUT2D eigenvalue weighted by Crippen LogP contribution is 2.13. The third-order valence-corrected chi connectivity index (χ3v) is 3.29. The first-order valence-electron chi connectivity index (χ1n) is 4.53. The number of anilines is 1. The average Bonchev–Trinajstić information content (AvgIpc) is 2.31. The predicted octanol–water partition coefficient (Wildman–Crippen LogP) is 1.28. The second-order valence-electron chi connectivity index (χ2n) is 3.05. The molecule has 1 N–H and O–H groups in total. The fourth-order valence-corrected chi connectivity index (χ4v) is 2.23. The molecule has 2 aromatic rings. The van der Waals surface area contributed by atoms with E-state index in [1.165, 1.54) is 30.6 Å². The summed E-state index contributed by atoms with van der Waals surface area (Å²) in [6.45, 7) is 0. The van der Waals surface area contributed by atoms with Crippen molar-refractivity contribution in [2.24, 2.45) is 0 Å². The minimum Gasteiger partial charge on any atom is -0.278 e. The molecule has 0 fully saturated rings. The van der Waals surface area contributed by atoms with E-state index in [0.717, 1.165) is 0 Å². The van der Waals surface area contributed by atoms with E-state index in [1.807, 2.05) is 0 Å². The molecule has 0 bridgehead atoms. The van der Waals surface area contributed by atoms with Crippen LogP contribution in [0.25, 0.3) is 0 Å². The van der Waals surface area contributed by atoms with Crippen molar-refractivity contribution in [1.29, 1.82) is 0 Å². The lowest BCUT2D eigenvalue weighted by atomic mass is 10.4. The monoisotopic (exact) mass is 235 g/mol. The second kappa shape index (κ2) is 4.28. The van der Waals surface area contributed by atoms with Crippen LogP contribution in [-0.2, 0) is 10.0 Å². The maximum Gasteiger partial charge on any atom is 0.261 e. The zero-order chi connectivity index (χ0) is 11.4. The van der Waals surface area contributed by atoms with Crippen LogP contribution in [0.4, 0.5) is 5.69 Å². The highest BCUT2D eigenvalue weighted by molar-refractivity contribution is 7.92. The van der Waals surface area contributed by atoms with Crippen molar-refractivity contribution in [3.63, 3.8) is 0 Å². The molecule has 0 aliphatic carbocycles. The summed E-state index contributed by atoms with van der Waals surface area (Å²) in [5.74, 6) is 0. The van der Waals surface area contributed by atoms with Crippen molar-refractivity contribution < 1.29 is 8.42 Å². The molecule has 0 radical (unpaired) electrons. The average molecular weight is 235 g/mol. The van der Waals surface area contributed by atoms with Gasteiger partial charge in [-0.25, -0.2) is 8.42 Å². The molecule has 0 amide bonds. The molecule has 1 aromatic heterocycles. The van der Waals surface area contributed by atoms with Crippen molar-refractivity contribution in [3.8, 4) is 0 Å². The number of rotatable bonds is 3. The van der Waals surface area contributed by atoms with Crippen molar-refractivity contribution >= 4 is 15.7 Å². The number of hydrogen-bond acceptors (Lipinski definition) is 4. The number of aromatic nitrogens is 2. The van der Waals surface area contributed by atoms with Crippen LogP contribution in [0.3, 0.4) is 0 Å². The van der Waals surface area contributed by atoms with Gasteiger partial charge >= 0.3 is 0 Å². The number of benzene rings is 1. The van der Waals surface area contributed by atoms with E-state index in [2.05, 4.69) is 14.9 Å². The summed E-state index contributed by atoms with van der Waals surface area (Å²) in [6.07, 6.45) is 2.77. The third kappa shape index (κ3) is 2.34. The molecule has 0 spiro atoms. The predicted molar refractivity (Wildman–Crippen MR) is 59.3 cm³/mol. The Bertz CT molecular complexity index is 555. The van der Waals surface area contributed by atoms with E-state index < -0.39 is 10.0 Å². The van der Waals surface area contributed by atoms with E-state index in [-0.39, 0.29) is 4.90 Å². The molecule has 82 valence electrons. The molecular weight excluding hydrogens is 226 g/mol. The van der Waals surface area contributed by atoms with Gasteiger partial charge in [-0.2, -0.15) is 10.2 Å². The van der Waals surface area contributed by atoms with Crippen LogP contribution in [-0.4, -0.2) is 18.6 Å². The Morgan fingerprint density at radius 2 is 1.75 bits per heavy atom. The van der Waals surface area contributed by atoms with Crippen molar-refractivity contribution in [3.05, 3.63) is 48.8 Å². The van der Waals surface area contributed by atoms with Crippen molar-refractivity contribution in [2.75, 3.05) is 4.72 Å². The van der Waals surface area contributed by atoms with Crippen LogP contribution in [0.1, 0.15) is 0 Å². The lowest BCUT2D eigenvalue weighted by molar-refractivity contribution is 0.601. The number of hydrogen-bond donors (Lipinski definition) is 1. The van der Waals surface area contributed by atoms with Gasteiger partial charge in [-0.3, -0.25) is 4.72 Å². The Balaban J connectivity index is 2.29. The van der Waals surface area contributed by atoms with Gasteiger partial charge in [-0.1, -0.05) is 18.2 Å².